The number of halogens is 4. The van der Waals surface area contributed by atoms with Crippen LogP contribution in [0.2, 0.25) is 5.02 Å². The van der Waals surface area contributed by atoms with E-state index in [4.69, 9.17) is 11.6 Å². The van der Waals surface area contributed by atoms with Gasteiger partial charge in [0.1, 0.15) is 5.82 Å². The summed E-state index contributed by atoms with van der Waals surface area (Å²) in [4.78, 5) is 0. The molecule has 2 rings (SSSR count). The third kappa shape index (κ3) is 4.62. The van der Waals surface area contributed by atoms with Gasteiger partial charge in [0.15, 0.2) is 0 Å². The van der Waals surface area contributed by atoms with E-state index in [-0.39, 0.29) is 30.6 Å². The van der Waals surface area contributed by atoms with Gasteiger partial charge in [-0.2, -0.15) is 0 Å². The second kappa shape index (κ2) is 7.01. The maximum Gasteiger partial charge on any atom is 0.248 e. The predicted molar refractivity (Wildman–Crippen MR) is 79.5 cm³/mol. The minimum atomic E-state index is -2.53. The molecule has 1 fully saturated rings. The summed E-state index contributed by atoms with van der Waals surface area (Å²) < 4.78 is 40.4. The molecular weight excluding hydrogens is 299 g/mol. The Morgan fingerprint density at radius 1 is 1.33 bits per heavy atom. The molecule has 1 nitrogen and oxygen atoms in total. The van der Waals surface area contributed by atoms with Crippen LogP contribution in [0, 0.1) is 11.7 Å². The lowest BCUT2D eigenvalue weighted by Crippen LogP contribution is -2.41. The first kappa shape index (κ1) is 16.6. The molecule has 1 N–H and O–H groups in total. The maximum absolute atomic E-state index is 13.9. The zero-order valence-electron chi connectivity index (χ0n) is 12.1. The average molecular weight is 320 g/mol. The molecule has 0 aromatic heterocycles. The number of nitrogens with one attached hydrogen (secondary N) is 1. The van der Waals surface area contributed by atoms with Crippen molar-refractivity contribution in [3.63, 3.8) is 0 Å². The zero-order chi connectivity index (χ0) is 15.5. The standard InChI is InChI=1S/C16H21ClF3N/c1-2-21-15(11-5-7-16(19,20)8-6-11)9-12-3-4-13(17)10-14(12)18/h3-4,10-11,15,21H,2,5-9H2,1H3. The minimum absolute atomic E-state index is 0.0294. The van der Waals surface area contributed by atoms with Gasteiger partial charge >= 0.3 is 0 Å². The SMILES string of the molecule is CCNC(Cc1ccc(Cl)cc1F)C1CCC(F)(F)CC1. The minimum Gasteiger partial charge on any atom is -0.314 e. The smallest absolute Gasteiger partial charge is 0.248 e. The van der Waals surface area contributed by atoms with Crippen LogP contribution >= 0.6 is 11.6 Å². The number of hydrogen-bond donors (Lipinski definition) is 1. The van der Waals surface area contributed by atoms with Gasteiger partial charge in [-0.3, -0.25) is 0 Å². The van der Waals surface area contributed by atoms with Crippen LogP contribution in [0.4, 0.5) is 13.2 Å². The number of benzene rings is 1. The van der Waals surface area contributed by atoms with Gasteiger partial charge in [0.2, 0.25) is 5.92 Å². The molecule has 0 heterocycles. The van der Waals surface area contributed by atoms with Crippen LogP contribution in [0.25, 0.3) is 0 Å². The molecule has 21 heavy (non-hydrogen) atoms. The van der Waals surface area contributed by atoms with E-state index in [0.29, 0.717) is 29.8 Å². The van der Waals surface area contributed by atoms with E-state index in [1.165, 1.54) is 6.07 Å². The number of alkyl halides is 2. The first-order chi connectivity index (χ1) is 9.91. The monoisotopic (exact) mass is 319 g/mol. The van der Waals surface area contributed by atoms with Crippen molar-refractivity contribution in [2.24, 2.45) is 5.92 Å². The highest BCUT2D eigenvalue weighted by atomic mass is 35.5. The summed E-state index contributed by atoms with van der Waals surface area (Å²) >= 11 is 5.76. The van der Waals surface area contributed by atoms with Crippen molar-refractivity contribution >= 4 is 11.6 Å². The topological polar surface area (TPSA) is 12.0 Å². The Bertz CT molecular complexity index is 469. The summed E-state index contributed by atoms with van der Waals surface area (Å²) in [6.07, 6.45) is 1.35. The van der Waals surface area contributed by atoms with Crippen molar-refractivity contribution in [3.8, 4) is 0 Å². The van der Waals surface area contributed by atoms with Crippen LogP contribution < -0.4 is 5.32 Å². The quantitative estimate of drug-likeness (QED) is 0.820. The average Bonchev–Trinajstić information content (AvgIpc) is 2.41. The molecule has 1 saturated carbocycles. The van der Waals surface area contributed by atoms with Crippen LogP contribution in [0.5, 0.6) is 0 Å². The van der Waals surface area contributed by atoms with E-state index in [2.05, 4.69) is 5.32 Å². The van der Waals surface area contributed by atoms with Crippen molar-refractivity contribution in [2.45, 2.75) is 51.0 Å². The third-order valence-electron chi connectivity index (χ3n) is 4.25. The summed E-state index contributed by atoms with van der Waals surface area (Å²) in [5, 5.41) is 3.69. The van der Waals surface area contributed by atoms with E-state index in [9.17, 15) is 13.2 Å². The fourth-order valence-electron chi connectivity index (χ4n) is 3.06. The fourth-order valence-corrected chi connectivity index (χ4v) is 3.22. The van der Waals surface area contributed by atoms with E-state index in [1.807, 2.05) is 6.92 Å². The Labute approximate surface area is 128 Å². The van der Waals surface area contributed by atoms with Gasteiger partial charge in [0, 0.05) is 23.9 Å². The fraction of sp³-hybridized carbons (Fsp3) is 0.625. The second-order valence-electron chi connectivity index (χ2n) is 5.80. The molecule has 1 unspecified atom stereocenters. The molecule has 1 aliphatic carbocycles. The molecular formula is C16H21ClF3N. The molecule has 1 aliphatic rings. The Morgan fingerprint density at radius 3 is 2.57 bits per heavy atom. The molecule has 1 aromatic carbocycles. The van der Waals surface area contributed by atoms with Crippen LogP contribution in [-0.2, 0) is 6.42 Å². The van der Waals surface area contributed by atoms with Gasteiger partial charge in [-0.25, -0.2) is 13.2 Å². The van der Waals surface area contributed by atoms with Crippen LogP contribution in [0.3, 0.4) is 0 Å². The summed E-state index contributed by atoms with van der Waals surface area (Å²) in [5.41, 5.74) is 0.586. The highest BCUT2D eigenvalue weighted by molar-refractivity contribution is 6.30. The molecule has 0 aliphatic heterocycles. The van der Waals surface area contributed by atoms with E-state index < -0.39 is 5.92 Å². The summed E-state index contributed by atoms with van der Waals surface area (Å²) in [6, 6.07) is 4.67. The lowest BCUT2D eigenvalue weighted by molar-refractivity contribution is -0.0495. The normalized spacial score (nSPS) is 20.4. The maximum atomic E-state index is 13.9. The van der Waals surface area contributed by atoms with Gasteiger partial charge in [-0.05, 0) is 49.4 Å². The summed E-state index contributed by atoms with van der Waals surface area (Å²) in [6.45, 7) is 2.72. The number of likely N-dealkylation sites (N-methyl/N-ethyl adjacent to an activating group) is 1. The number of rotatable bonds is 5. The van der Waals surface area contributed by atoms with Crippen molar-refractivity contribution in [1.82, 2.24) is 5.32 Å². The lowest BCUT2D eigenvalue weighted by atomic mass is 9.80. The van der Waals surface area contributed by atoms with Gasteiger partial charge in [0.25, 0.3) is 0 Å². The molecule has 0 spiro atoms. The Balaban J connectivity index is 2.05. The second-order valence-corrected chi connectivity index (χ2v) is 6.23. The van der Waals surface area contributed by atoms with Crippen molar-refractivity contribution in [1.29, 1.82) is 0 Å². The Hall–Kier alpha value is -0.740. The molecule has 1 atom stereocenters. The molecule has 0 bridgehead atoms. The largest absolute Gasteiger partial charge is 0.314 e. The van der Waals surface area contributed by atoms with Gasteiger partial charge in [-0.15, -0.1) is 0 Å². The highest BCUT2D eigenvalue weighted by Crippen LogP contribution is 2.38. The van der Waals surface area contributed by atoms with Crippen molar-refractivity contribution < 1.29 is 13.2 Å². The molecule has 5 heteroatoms. The molecule has 0 saturated heterocycles. The van der Waals surface area contributed by atoms with Crippen molar-refractivity contribution in [2.75, 3.05) is 6.54 Å². The van der Waals surface area contributed by atoms with E-state index in [1.54, 1.807) is 12.1 Å². The molecule has 0 radical (unpaired) electrons. The van der Waals surface area contributed by atoms with Gasteiger partial charge in [0.05, 0.1) is 0 Å². The molecule has 0 amide bonds. The van der Waals surface area contributed by atoms with Crippen LogP contribution in [0.15, 0.2) is 18.2 Å². The van der Waals surface area contributed by atoms with Crippen LogP contribution in [0.1, 0.15) is 38.2 Å². The zero-order valence-corrected chi connectivity index (χ0v) is 12.9. The predicted octanol–water partition coefficient (Wildman–Crippen LogP) is 4.83. The number of hydrogen-bond acceptors (Lipinski definition) is 1. The first-order valence-electron chi connectivity index (χ1n) is 7.46. The first-order valence-corrected chi connectivity index (χ1v) is 7.84. The highest BCUT2D eigenvalue weighted by Gasteiger charge is 2.37. The van der Waals surface area contributed by atoms with Gasteiger partial charge in [-0.1, -0.05) is 24.6 Å². The van der Waals surface area contributed by atoms with E-state index >= 15 is 0 Å². The summed E-state index contributed by atoms with van der Waals surface area (Å²) in [5.74, 6) is -2.69. The molecule has 1 aromatic rings. The van der Waals surface area contributed by atoms with E-state index in [0.717, 1.165) is 6.54 Å². The van der Waals surface area contributed by atoms with Crippen molar-refractivity contribution in [3.05, 3.63) is 34.6 Å². The third-order valence-corrected chi connectivity index (χ3v) is 4.49. The summed E-state index contributed by atoms with van der Waals surface area (Å²) in [7, 11) is 0. The lowest BCUT2D eigenvalue weighted by Gasteiger charge is -2.34. The van der Waals surface area contributed by atoms with Gasteiger partial charge < -0.3 is 5.32 Å². The van der Waals surface area contributed by atoms with Crippen LogP contribution in [-0.4, -0.2) is 18.5 Å². The Kier molecular flexibility index (Phi) is 5.55. The molecule has 118 valence electrons. The Morgan fingerprint density at radius 2 is 2.00 bits per heavy atom.